The van der Waals surface area contributed by atoms with Crippen LogP contribution in [-0.4, -0.2) is 54.4 Å². The van der Waals surface area contributed by atoms with E-state index in [1.165, 1.54) is 0 Å². The molecule has 3 atom stereocenters. The van der Waals surface area contributed by atoms with E-state index in [-0.39, 0.29) is 30.5 Å². The lowest BCUT2D eigenvalue weighted by atomic mass is 10.1. The van der Waals surface area contributed by atoms with Crippen LogP contribution in [0.15, 0.2) is 0 Å². The maximum atomic E-state index is 11.9. The highest BCUT2D eigenvalue weighted by Gasteiger charge is 2.30. The number of ether oxygens (including phenoxy) is 1. The average Bonchev–Trinajstić information content (AvgIpc) is 2.70. The van der Waals surface area contributed by atoms with Crippen LogP contribution in [0.5, 0.6) is 0 Å². The SMILES string of the molecule is CC(CNC(=O)N(C)C1CCOC1C)CC(=O)O. The van der Waals surface area contributed by atoms with Crippen molar-refractivity contribution in [1.29, 1.82) is 0 Å². The van der Waals surface area contributed by atoms with Crippen LogP contribution in [0.25, 0.3) is 0 Å². The molecule has 0 spiro atoms. The van der Waals surface area contributed by atoms with Crippen molar-refractivity contribution < 1.29 is 19.4 Å². The number of rotatable bonds is 5. The first-order chi connectivity index (χ1) is 8.41. The molecule has 0 aromatic rings. The Hall–Kier alpha value is -1.30. The van der Waals surface area contributed by atoms with Crippen LogP contribution in [0.4, 0.5) is 4.79 Å². The number of carbonyl (C=O) groups excluding carboxylic acids is 1. The number of carboxylic acids is 1. The van der Waals surface area contributed by atoms with Gasteiger partial charge in [0.1, 0.15) is 0 Å². The molecule has 0 saturated carbocycles. The Morgan fingerprint density at radius 1 is 1.56 bits per heavy atom. The number of nitrogens with zero attached hydrogens (tertiary/aromatic N) is 1. The number of urea groups is 1. The van der Waals surface area contributed by atoms with E-state index in [0.29, 0.717) is 13.2 Å². The molecule has 0 aromatic heterocycles. The number of hydrogen-bond donors (Lipinski definition) is 2. The molecule has 2 N–H and O–H groups in total. The van der Waals surface area contributed by atoms with Crippen LogP contribution in [0.1, 0.15) is 26.7 Å². The Balaban J connectivity index is 2.33. The summed E-state index contributed by atoms with van der Waals surface area (Å²) < 4.78 is 5.42. The maximum Gasteiger partial charge on any atom is 0.317 e. The van der Waals surface area contributed by atoms with Crippen LogP contribution >= 0.6 is 0 Å². The van der Waals surface area contributed by atoms with Crippen LogP contribution in [-0.2, 0) is 9.53 Å². The topological polar surface area (TPSA) is 78.9 Å². The molecule has 0 radical (unpaired) electrons. The lowest BCUT2D eigenvalue weighted by Gasteiger charge is -2.27. The second-order valence-corrected chi connectivity index (χ2v) is 4.93. The van der Waals surface area contributed by atoms with E-state index in [4.69, 9.17) is 9.84 Å². The summed E-state index contributed by atoms with van der Waals surface area (Å²) in [7, 11) is 1.74. The van der Waals surface area contributed by atoms with Crippen molar-refractivity contribution in [2.24, 2.45) is 5.92 Å². The molecule has 1 saturated heterocycles. The molecule has 0 aromatic carbocycles. The van der Waals surface area contributed by atoms with Gasteiger partial charge in [-0.3, -0.25) is 4.79 Å². The quantitative estimate of drug-likeness (QED) is 0.768. The predicted molar refractivity (Wildman–Crippen MR) is 66.4 cm³/mol. The van der Waals surface area contributed by atoms with Gasteiger partial charge in [0.05, 0.1) is 12.1 Å². The minimum Gasteiger partial charge on any atom is -0.481 e. The molecule has 104 valence electrons. The van der Waals surface area contributed by atoms with E-state index in [9.17, 15) is 9.59 Å². The van der Waals surface area contributed by atoms with E-state index in [0.717, 1.165) is 6.42 Å². The number of carboxylic acid groups (broad SMARTS) is 1. The van der Waals surface area contributed by atoms with E-state index >= 15 is 0 Å². The van der Waals surface area contributed by atoms with Gasteiger partial charge in [0.2, 0.25) is 0 Å². The molecular weight excluding hydrogens is 236 g/mol. The molecule has 6 heteroatoms. The number of aliphatic carboxylic acids is 1. The van der Waals surface area contributed by atoms with Crippen LogP contribution < -0.4 is 5.32 Å². The van der Waals surface area contributed by atoms with Crippen molar-refractivity contribution in [2.75, 3.05) is 20.2 Å². The second-order valence-electron chi connectivity index (χ2n) is 4.93. The van der Waals surface area contributed by atoms with E-state index in [1.54, 1.807) is 18.9 Å². The third-order valence-electron chi connectivity index (χ3n) is 3.28. The van der Waals surface area contributed by atoms with Crippen molar-refractivity contribution in [3.63, 3.8) is 0 Å². The highest BCUT2D eigenvalue weighted by Crippen LogP contribution is 2.18. The van der Waals surface area contributed by atoms with Gasteiger partial charge in [0.15, 0.2) is 0 Å². The van der Waals surface area contributed by atoms with Gasteiger partial charge in [-0.05, 0) is 19.3 Å². The molecule has 1 heterocycles. The number of amides is 2. The number of hydrogen-bond acceptors (Lipinski definition) is 3. The first-order valence-electron chi connectivity index (χ1n) is 6.26. The summed E-state index contributed by atoms with van der Waals surface area (Å²) in [5.74, 6) is -0.917. The van der Waals surface area contributed by atoms with Crippen LogP contribution in [0, 0.1) is 5.92 Å². The zero-order chi connectivity index (χ0) is 13.7. The van der Waals surface area contributed by atoms with E-state index < -0.39 is 5.97 Å². The summed E-state index contributed by atoms with van der Waals surface area (Å²) in [5, 5.41) is 11.4. The van der Waals surface area contributed by atoms with Gasteiger partial charge in [-0.25, -0.2) is 4.79 Å². The maximum absolute atomic E-state index is 11.9. The van der Waals surface area contributed by atoms with Gasteiger partial charge in [-0.2, -0.15) is 0 Å². The summed E-state index contributed by atoms with van der Waals surface area (Å²) in [6.45, 7) is 4.81. The molecule has 18 heavy (non-hydrogen) atoms. The number of likely N-dealkylation sites (N-methyl/N-ethyl adjacent to an activating group) is 1. The Bertz CT molecular complexity index is 308. The Morgan fingerprint density at radius 3 is 2.72 bits per heavy atom. The van der Waals surface area contributed by atoms with Crippen molar-refractivity contribution in [3.05, 3.63) is 0 Å². The first-order valence-corrected chi connectivity index (χ1v) is 6.26. The molecule has 0 aliphatic carbocycles. The zero-order valence-electron chi connectivity index (χ0n) is 11.2. The Morgan fingerprint density at radius 2 is 2.22 bits per heavy atom. The molecule has 1 rings (SSSR count). The minimum absolute atomic E-state index is 0.0530. The molecule has 3 unspecified atom stereocenters. The Labute approximate surface area is 107 Å². The predicted octanol–water partition coefficient (Wildman–Crippen LogP) is 0.916. The van der Waals surface area contributed by atoms with Crippen molar-refractivity contribution in [2.45, 2.75) is 38.8 Å². The fraction of sp³-hybridized carbons (Fsp3) is 0.833. The first kappa shape index (κ1) is 14.8. The molecule has 1 aliphatic rings. The Kier molecular flexibility index (Phi) is 5.40. The van der Waals surface area contributed by atoms with Crippen LogP contribution in [0.3, 0.4) is 0 Å². The molecule has 0 bridgehead atoms. The largest absolute Gasteiger partial charge is 0.481 e. The lowest BCUT2D eigenvalue weighted by Crippen LogP contribution is -2.47. The fourth-order valence-corrected chi connectivity index (χ4v) is 2.14. The van der Waals surface area contributed by atoms with Gasteiger partial charge in [0, 0.05) is 26.6 Å². The summed E-state index contributed by atoms with van der Waals surface area (Å²) in [6.07, 6.45) is 0.958. The summed E-state index contributed by atoms with van der Waals surface area (Å²) in [6, 6.07) is -0.0747. The second kappa shape index (κ2) is 6.58. The van der Waals surface area contributed by atoms with Gasteiger partial charge in [0.25, 0.3) is 0 Å². The molecular formula is C12H22N2O4. The van der Waals surface area contributed by atoms with Gasteiger partial charge in [-0.1, -0.05) is 6.92 Å². The van der Waals surface area contributed by atoms with Crippen LogP contribution in [0.2, 0.25) is 0 Å². The van der Waals surface area contributed by atoms with Crippen molar-refractivity contribution >= 4 is 12.0 Å². The number of nitrogens with one attached hydrogen (secondary N) is 1. The number of carbonyl (C=O) groups is 2. The molecule has 1 aliphatic heterocycles. The monoisotopic (exact) mass is 258 g/mol. The standard InChI is InChI=1S/C12H22N2O4/c1-8(6-11(15)16)7-13-12(17)14(3)10-4-5-18-9(10)2/h8-10H,4-7H2,1-3H3,(H,13,17)(H,15,16). The third-order valence-corrected chi connectivity index (χ3v) is 3.28. The molecule has 2 amide bonds. The van der Waals surface area contributed by atoms with Gasteiger partial charge in [-0.15, -0.1) is 0 Å². The average molecular weight is 258 g/mol. The van der Waals surface area contributed by atoms with Crippen molar-refractivity contribution in [1.82, 2.24) is 10.2 Å². The lowest BCUT2D eigenvalue weighted by molar-refractivity contribution is -0.137. The normalized spacial score (nSPS) is 24.6. The molecule has 1 fully saturated rings. The van der Waals surface area contributed by atoms with Crippen molar-refractivity contribution in [3.8, 4) is 0 Å². The summed E-state index contributed by atoms with van der Waals surface area (Å²) >= 11 is 0. The minimum atomic E-state index is -0.845. The van der Waals surface area contributed by atoms with Gasteiger partial charge >= 0.3 is 12.0 Å². The van der Waals surface area contributed by atoms with E-state index in [1.807, 2.05) is 6.92 Å². The highest BCUT2D eigenvalue weighted by molar-refractivity contribution is 5.74. The summed E-state index contributed by atoms with van der Waals surface area (Å²) in [5.41, 5.74) is 0. The summed E-state index contributed by atoms with van der Waals surface area (Å²) in [4.78, 5) is 24.0. The van der Waals surface area contributed by atoms with Gasteiger partial charge < -0.3 is 20.1 Å². The zero-order valence-corrected chi connectivity index (χ0v) is 11.2. The molecule has 6 nitrogen and oxygen atoms in total. The highest BCUT2D eigenvalue weighted by atomic mass is 16.5. The fourth-order valence-electron chi connectivity index (χ4n) is 2.14. The van der Waals surface area contributed by atoms with E-state index in [2.05, 4.69) is 5.32 Å². The smallest absolute Gasteiger partial charge is 0.317 e. The third kappa shape index (κ3) is 4.18.